The third-order valence-electron chi connectivity index (χ3n) is 4.15. The number of rotatable bonds is 7. The van der Waals surface area contributed by atoms with Crippen LogP contribution in [0.15, 0.2) is 23.2 Å². The van der Waals surface area contributed by atoms with Gasteiger partial charge in [-0.05, 0) is 45.2 Å². The summed E-state index contributed by atoms with van der Waals surface area (Å²) in [5.74, 6) is 2.00. The van der Waals surface area contributed by atoms with Crippen molar-refractivity contribution < 1.29 is 14.3 Å². The summed E-state index contributed by atoms with van der Waals surface area (Å²) >= 11 is 0. The fraction of sp³-hybridized carbons (Fsp3) is 0.579. The molecule has 1 amide bonds. The Bertz CT molecular complexity index is 619. The minimum absolute atomic E-state index is 0. The highest BCUT2D eigenvalue weighted by molar-refractivity contribution is 14.0. The normalized spacial score (nSPS) is 14.2. The number of ether oxygens (including phenoxy) is 2. The van der Waals surface area contributed by atoms with Gasteiger partial charge in [-0.2, -0.15) is 0 Å². The van der Waals surface area contributed by atoms with E-state index in [1.165, 1.54) is 6.42 Å². The molecule has 0 bridgehead atoms. The van der Waals surface area contributed by atoms with Crippen LogP contribution >= 0.6 is 24.0 Å². The zero-order chi connectivity index (χ0) is 18.8. The third kappa shape index (κ3) is 7.43. The molecule has 1 saturated heterocycles. The van der Waals surface area contributed by atoms with Crippen molar-refractivity contribution in [1.82, 2.24) is 10.2 Å². The molecule has 0 aliphatic carbocycles. The Labute approximate surface area is 178 Å². The molecule has 1 aliphatic rings. The molecule has 7 nitrogen and oxygen atoms in total. The zero-order valence-electron chi connectivity index (χ0n) is 16.4. The van der Waals surface area contributed by atoms with E-state index < -0.39 is 0 Å². The first-order chi connectivity index (χ1) is 12.7. The summed E-state index contributed by atoms with van der Waals surface area (Å²) in [5.41, 5.74) is 0.815. The lowest BCUT2D eigenvalue weighted by Gasteiger charge is -2.26. The number of aliphatic imine (C=N–C) groups is 1. The first-order valence-corrected chi connectivity index (χ1v) is 9.31. The molecule has 2 N–H and O–H groups in total. The minimum atomic E-state index is 0. The average Bonchev–Trinajstić information content (AvgIpc) is 2.68. The summed E-state index contributed by atoms with van der Waals surface area (Å²) in [5, 5.41) is 6.38. The molecule has 152 valence electrons. The zero-order valence-corrected chi connectivity index (χ0v) is 18.7. The van der Waals surface area contributed by atoms with E-state index in [4.69, 9.17) is 9.47 Å². The number of guanidine groups is 1. The lowest BCUT2D eigenvalue weighted by Crippen LogP contribution is -2.38. The van der Waals surface area contributed by atoms with E-state index in [1.54, 1.807) is 7.11 Å². The Morgan fingerprint density at radius 3 is 2.56 bits per heavy atom. The molecule has 1 aromatic rings. The standard InChI is InChI=1S/C19H30N4O3.HI/c1-4-20-19(21-14-18(24)23-11-7-6-8-12-23)22-15-9-10-16(26-5-2)17(13-15)25-3;/h9-10,13H,4-8,11-12,14H2,1-3H3,(H2,20,21,22);1H. The molecule has 27 heavy (non-hydrogen) atoms. The van der Waals surface area contributed by atoms with Crippen molar-refractivity contribution >= 4 is 41.5 Å². The number of anilines is 1. The second-order valence-electron chi connectivity index (χ2n) is 6.06. The van der Waals surface area contributed by atoms with Crippen LogP contribution in [0.5, 0.6) is 11.5 Å². The highest BCUT2D eigenvalue weighted by Gasteiger charge is 2.16. The van der Waals surface area contributed by atoms with Crippen molar-refractivity contribution in [3.05, 3.63) is 18.2 Å². The maximum Gasteiger partial charge on any atom is 0.244 e. The number of benzene rings is 1. The lowest BCUT2D eigenvalue weighted by molar-refractivity contribution is -0.130. The molecular weight excluding hydrogens is 459 g/mol. The summed E-state index contributed by atoms with van der Waals surface area (Å²) in [4.78, 5) is 18.6. The Kier molecular flexibility index (Phi) is 10.9. The first kappa shape index (κ1) is 23.3. The van der Waals surface area contributed by atoms with E-state index >= 15 is 0 Å². The van der Waals surface area contributed by atoms with Gasteiger partial charge in [-0.3, -0.25) is 4.79 Å². The number of halogens is 1. The Hall–Kier alpha value is -1.71. The number of amides is 1. The summed E-state index contributed by atoms with van der Waals surface area (Å²) < 4.78 is 10.9. The van der Waals surface area contributed by atoms with Crippen molar-refractivity contribution in [2.75, 3.05) is 45.2 Å². The van der Waals surface area contributed by atoms with Gasteiger partial charge in [-0.15, -0.1) is 24.0 Å². The SMILES string of the molecule is CCNC(=NCC(=O)N1CCCCC1)Nc1ccc(OCC)c(OC)c1.I. The first-order valence-electron chi connectivity index (χ1n) is 9.31. The van der Waals surface area contributed by atoms with Gasteiger partial charge in [0, 0.05) is 31.4 Å². The van der Waals surface area contributed by atoms with Crippen LogP contribution in [0.3, 0.4) is 0 Å². The summed E-state index contributed by atoms with van der Waals surface area (Å²) in [6.07, 6.45) is 3.37. The van der Waals surface area contributed by atoms with E-state index in [0.717, 1.165) is 31.6 Å². The van der Waals surface area contributed by atoms with Crippen molar-refractivity contribution in [1.29, 1.82) is 0 Å². The molecule has 1 heterocycles. The quantitative estimate of drug-likeness (QED) is 0.349. The molecule has 1 aliphatic heterocycles. The maximum absolute atomic E-state index is 12.3. The van der Waals surface area contributed by atoms with Gasteiger partial charge in [0.25, 0.3) is 0 Å². The number of likely N-dealkylation sites (tertiary alicyclic amines) is 1. The number of nitrogens with one attached hydrogen (secondary N) is 2. The highest BCUT2D eigenvalue weighted by Crippen LogP contribution is 2.30. The van der Waals surface area contributed by atoms with Crippen molar-refractivity contribution in [2.24, 2.45) is 4.99 Å². The van der Waals surface area contributed by atoms with Gasteiger partial charge in [0.15, 0.2) is 17.5 Å². The fourth-order valence-corrected chi connectivity index (χ4v) is 2.85. The third-order valence-corrected chi connectivity index (χ3v) is 4.15. The van der Waals surface area contributed by atoms with Gasteiger partial charge in [0.05, 0.1) is 13.7 Å². The fourth-order valence-electron chi connectivity index (χ4n) is 2.85. The number of nitrogens with zero attached hydrogens (tertiary/aromatic N) is 2. The van der Waals surface area contributed by atoms with Gasteiger partial charge in [0.2, 0.25) is 5.91 Å². The summed E-state index contributed by atoms with van der Waals surface area (Å²) in [7, 11) is 1.61. The van der Waals surface area contributed by atoms with Crippen LogP contribution in [0.4, 0.5) is 5.69 Å². The van der Waals surface area contributed by atoms with Gasteiger partial charge < -0.3 is 25.0 Å². The van der Waals surface area contributed by atoms with E-state index in [2.05, 4.69) is 15.6 Å². The molecule has 0 radical (unpaired) electrons. The molecule has 8 heteroatoms. The van der Waals surface area contributed by atoms with Crippen molar-refractivity contribution in [3.8, 4) is 11.5 Å². The van der Waals surface area contributed by atoms with E-state index in [1.807, 2.05) is 36.9 Å². The topological polar surface area (TPSA) is 75.2 Å². The molecule has 2 rings (SSSR count). The molecule has 0 atom stereocenters. The summed E-state index contributed by atoms with van der Waals surface area (Å²) in [6.45, 7) is 7.03. The predicted octanol–water partition coefficient (Wildman–Crippen LogP) is 3.10. The number of hydrogen-bond donors (Lipinski definition) is 2. The molecule has 0 spiro atoms. The lowest BCUT2D eigenvalue weighted by atomic mass is 10.1. The van der Waals surface area contributed by atoms with Crippen LogP contribution in [-0.2, 0) is 4.79 Å². The van der Waals surface area contributed by atoms with Crippen LogP contribution < -0.4 is 20.1 Å². The van der Waals surface area contributed by atoms with Crippen LogP contribution in [-0.4, -0.2) is 56.7 Å². The Morgan fingerprint density at radius 2 is 1.93 bits per heavy atom. The van der Waals surface area contributed by atoms with Crippen molar-refractivity contribution in [2.45, 2.75) is 33.1 Å². The largest absolute Gasteiger partial charge is 0.493 e. The number of piperidine rings is 1. The number of methoxy groups -OCH3 is 1. The second kappa shape index (κ2) is 12.6. The van der Waals surface area contributed by atoms with Gasteiger partial charge in [0.1, 0.15) is 6.54 Å². The summed E-state index contributed by atoms with van der Waals surface area (Å²) in [6, 6.07) is 5.60. The van der Waals surface area contributed by atoms with Gasteiger partial charge >= 0.3 is 0 Å². The monoisotopic (exact) mass is 490 g/mol. The minimum Gasteiger partial charge on any atom is -0.493 e. The Morgan fingerprint density at radius 1 is 1.19 bits per heavy atom. The smallest absolute Gasteiger partial charge is 0.244 e. The highest BCUT2D eigenvalue weighted by atomic mass is 127. The molecule has 1 fully saturated rings. The molecule has 1 aromatic carbocycles. The number of hydrogen-bond acceptors (Lipinski definition) is 4. The van der Waals surface area contributed by atoms with E-state index in [9.17, 15) is 4.79 Å². The van der Waals surface area contributed by atoms with Crippen molar-refractivity contribution in [3.63, 3.8) is 0 Å². The number of carbonyl (C=O) groups excluding carboxylic acids is 1. The Balaban J connectivity index is 0.00000364. The molecule has 0 unspecified atom stereocenters. The molecular formula is C19H31IN4O3. The van der Waals surface area contributed by atoms with Gasteiger partial charge in [-0.25, -0.2) is 4.99 Å². The van der Waals surface area contributed by atoms with Crippen LogP contribution in [0.2, 0.25) is 0 Å². The maximum atomic E-state index is 12.3. The molecule has 0 saturated carbocycles. The number of carbonyl (C=O) groups is 1. The van der Waals surface area contributed by atoms with E-state index in [0.29, 0.717) is 30.6 Å². The van der Waals surface area contributed by atoms with Crippen LogP contribution in [0, 0.1) is 0 Å². The predicted molar refractivity (Wildman–Crippen MR) is 120 cm³/mol. The molecule has 0 aromatic heterocycles. The average molecular weight is 490 g/mol. The van der Waals surface area contributed by atoms with Crippen LogP contribution in [0.1, 0.15) is 33.1 Å². The van der Waals surface area contributed by atoms with Gasteiger partial charge in [-0.1, -0.05) is 0 Å². The second-order valence-corrected chi connectivity index (χ2v) is 6.06. The van der Waals surface area contributed by atoms with Crippen LogP contribution in [0.25, 0.3) is 0 Å². The van der Waals surface area contributed by atoms with E-state index in [-0.39, 0.29) is 36.4 Å².